The molecule has 0 saturated heterocycles. The van der Waals surface area contributed by atoms with Crippen molar-refractivity contribution in [2.24, 2.45) is 5.73 Å². The summed E-state index contributed by atoms with van der Waals surface area (Å²) in [7, 11) is 1.55. The van der Waals surface area contributed by atoms with Gasteiger partial charge in [-0.1, -0.05) is 12.1 Å². The molecule has 1 aromatic carbocycles. The Morgan fingerprint density at radius 1 is 1.29 bits per heavy atom. The first-order valence-electron chi connectivity index (χ1n) is 4.99. The first-order valence-corrected chi connectivity index (χ1v) is 4.99. The fourth-order valence-electron chi connectivity index (χ4n) is 1.57. The van der Waals surface area contributed by atoms with Crippen LogP contribution in [-0.4, -0.2) is 23.2 Å². The van der Waals surface area contributed by atoms with E-state index in [1.165, 1.54) is 12.3 Å². The predicted octanol–water partition coefficient (Wildman–Crippen LogP) is 1.25. The molecule has 17 heavy (non-hydrogen) atoms. The van der Waals surface area contributed by atoms with Crippen LogP contribution in [0.2, 0.25) is 0 Å². The van der Waals surface area contributed by atoms with Crippen LogP contribution in [0.25, 0.3) is 11.3 Å². The van der Waals surface area contributed by atoms with Gasteiger partial charge in [-0.2, -0.15) is 5.10 Å². The fraction of sp³-hybridized carbons (Fsp3) is 0.0833. The van der Waals surface area contributed by atoms with Gasteiger partial charge >= 0.3 is 0 Å². The Kier molecular flexibility index (Phi) is 3.00. The van der Waals surface area contributed by atoms with E-state index in [0.29, 0.717) is 22.6 Å². The summed E-state index contributed by atoms with van der Waals surface area (Å²) in [5.74, 6) is 0.0799. The second-order valence-electron chi connectivity index (χ2n) is 3.36. The minimum absolute atomic E-state index is 0.324. The lowest BCUT2D eigenvalue weighted by molar-refractivity contribution is 0.100. The number of benzene rings is 1. The number of aromatic nitrogens is 2. The second kappa shape index (κ2) is 4.61. The molecular weight excluding hydrogens is 218 g/mol. The van der Waals surface area contributed by atoms with Crippen molar-refractivity contribution < 1.29 is 9.53 Å². The molecular formula is C12H11N3O2. The van der Waals surface area contributed by atoms with Crippen molar-refractivity contribution in [3.63, 3.8) is 0 Å². The predicted molar refractivity (Wildman–Crippen MR) is 62.5 cm³/mol. The number of para-hydroxylation sites is 1. The molecule has 0 aliphatic rings. The first kappa shape index (κ1) is 11.1. The summed E-state index contributed by atoms with van der Waals surface area (Å²) < 4.78 is 5.21. The highest BCUT2D eigenvalue weighted by molar-refractivity contribution is 5.99. The number of carbonyl (C=O) groups is 1. The van der Waals surface area contributed by atoms with Crippen LogP contribution in [0.5, 0.6) is 5.75 Å². The molecule has 0 unspecified atom stereocenters. The van der Waals surface area contributed by atoms with Crippen molar-refractivity contribution in [3.8, 4) is 17.0 Å². The number of amides is 1. The van der Waals surface area contributed by atoms with Crippen LogP contribution in [0.15, 0.2) is 36.5 Å². The standard InChI is InChI=1S/C12H11N3O2/c1-17-10-5-3-2-4-8(10)11-9(12(13)16)6-7-14-15-11/h2-7H,1H3,(H2,13,16). The monoisotopic (exact) mass is 229 g/mol. The van der Waals surface area contributed by atoms with Crippen LogP contribution in [0, 0.1) is 0 Å². The molecule has 2 rings (SSSR count). The lowest BCUT2D eigenvalue weighted by Crippen LogP contribution is -2.13. The molecule has 5 nitrogen and oxygen atoms in total. The van der Waals surface area contributed by atoms with Gasteiger partial charge in [-0.05, 0) is 18.2 Å². The lowest BCUT2D eigenvalue weighted by Gasteiger charge is -2.08. The van der Waals surface area contributed by atoms with Gasteiger partial charge in [-0.3, -0.25) is 4.79 Å². The minimum Gasteiger partial charge on any atom is -0.496 e. The average Bonchev–Trinajstić information content (AvgIpc) is 2.38. The Hall–Kier alpha value is -2.43. The Morgan fingerprint density at radius 3 is 2.76 bits per heavy atom. The number of carbonyl (C=O) groups excluding carboxylic acids is 1. The van der Waals surface area contributed by atoms with Crippen LogP contribution in [0.3, 0.4) is 0 Å². The van der Waals surface area contributed by atoms with Gasteiger partial charge < -0.3 is 10.5 Å². The van der Waals surface area contributed by atoms with Crippen molar-refractivity contribution in [2.45, 2.75) is 0 Å². The molecule has 2 aromatic rings. The van der Waals surface area contributed by atoms with E-state index in [-0.39, 0.29) is 0 Å². The van der Waals surface area contributed by atoms with Gasteiger partial charge in [-0.25, -0.2) is 0 Å². The first-order chi connectivity index (χ1) is 8.24. The molecule has 0 atom stereocenters. The Morgan fingerprint density at radius 2 is 2.06 bits per heavy atom. The van der Waals surface area contributed by atoms with E-state index in [0.717, 1.165) is 0 Å². The second-order valence-corrected chi connectivity index (χ2v) is 3.36. The zero-order valence-electron chi connectivity index (χ0n) is 9.25. The summed E-state index contributed by atoms with van der Waals surface area (Å²) in [5, 5.41) is 7.71. The third-order valence-corrected chi connectivity index (χ3v) is 2.35. The van der Waals surface area contributed by atoms with E-state index in [2.05, 4.69) is 10.2 Å². The van der Waals surface area contributed by atoms with Crippen LogP contribution < -0.4 is 10.5 Å². The van der Waals surface area contributed by atoms with Crippen LogP contribution in [-0.2, 0) is 0 Å². The van der Waals surface area contributed by atoms with Crippen molar-refractivity contribution in [1.29, 1.82) is 0 Å². The Balaban J connectivity index is 2.64. The molecule has 0 aliphatic carbocycles. The SMILES string of the molecule is COc1ccccc1-c1nnccc1C(N)=O. The molecule has 0 saturated carbocycles. The molecule has 0 bridgehead atoms. The molecule has 5 heteroatoms. The van der Waals surface area contributed by atoms with Gasteiger partial charge in [-0.15, -0.1) is 5.10 Å². The summed E-state index contributed by atoms with van der Waals surface area (Å²) in [6.07, 6.45) is 1.43. The molecule has 2 N–H and O–H groups in total. The van der Waals surface area contributed by atoms with Crippen molar-refractivity contribution >= 4 is 5.91 Å². The highest BCUT2D eigenvalue weighted by Gasteiger charge is 2.14. The van der Waals surface area contributed by atoms with Gasteiger partial charge in [0.15, 0.2) is 0 Å². The van der Waals surface area contributed by atoms with E-state index >= 15 is 0 Å². The third kappa shape index (κ3) is 2.08. The number of rotatable bonds is 3. The normalized spacial score (nSPS) is 9.94. The maximum atomic E-state index is 11.3. The van der Waals surface area contributed by atoms with E-state index in [1.807, 2.05) is 12.1 Å². The Labute approximate surface area is 98.2 Å². The molecule has 0 aliphatic heterocycles. The number of hydrogen-bond donors (Lipinski definition) is 1. The summed E-state index contributed by atoms with van der Waals surface area (Å²) in [4.78, 5) is 11.3. The highest BCUT2D eigenvalue weighted by atomic mass is 16.5. The summed E-state index contributed by atoms with van der Waals surface area (Å²) in [5.41, 5.74) is 6.74. The largest absolute Gasteiger partial charge is 0.496 e. The topological polar surface area (TPSA) is 78.1 Å². The van der Waals surface area contributed by atoms with Gasteiger partial charge in [0.05, 0.1) is 18.9 Å². The van der Waals surface area contributed by atoms with Gasteiger partial charge in [0.2, 0.25) is 0 Å². The zero-order valence-corrected chi connectivity index (χ0v) is 9.25. The van der Waals surface area contributed by atoms with E-state index in [4.69, 9.17) is 10.5 Å². The van der Waals surface area contributed by atoms with Crippen molar-refractivity contribution in [3.05, 3.63) is 42.1 Å². The van der Waals surface area contributed by atoms with Gasteiger partial charge in [0.25, 0.3) is 5.91 Å². The fourth-order valence-corrected chi connectivity index (χ4v) is 1.57. The number of ether oxygens (including phenoxy) is 1. The zero-order chi connectivity index (χ0) is 12.3. The van der Waals surface area contributed by atoms with E-state index in [1.54, 1.807) is 19.2 Å². The molecule has 1 heterocycles. The van der Waals surface area contributed by atoms with Crippen molar-refractivity contribution in [1.82, 2.24) is 10.2 Å². The number of nitrogens with two attached hydrogens (primary N) is 1. The summed E-state index contributed by atoms with van der Waals surface area (Å²) >= 11 is 0. The molecule has 1 aromatic heterocycles. The maximum absolute atomic E-state index is 11.3. The van der Waals surface area contributed by atoms with E-state index < -0.39 is 5.91 Å². The summed E-state index contributed by atoms with van der Waals surface area (Å²) in [6.45, 7) is 0. The molecule has 86 valence electrons. The van der Waals surface area contributed by atoms with Crippen LogP contribution >= 0.6 is 0 Å². The van der Waals surface area contributed by atoms with Crippen molar-refractivity contribution in [2.75, 3.05) is 7.11 Å². The third-order valence-electron chi connectivity index (χ3n) is 2.35. The van der Waals surface area contributed by atoms with Gasteiger partial charge in [0, 0.05) is 5.56 Å². The minimum atomic E-state index is -0.541. The highest BCUT2D eigenvalue weighted by Crippen LogP contribution is 2.29. The number of methoxy groups -OCH3 is 1. The maximum Gasteiger partial charge on any atom is 0.251 e. The van der Waals surface area contributed by atoms with E-state index in [9.17, 15) is 4.79 Å². The quantitative estimate of drug-likeness (QED) is 0.859. The smallest absolute Gasteiger partial charge is 0.251 e. The molecule has 1 amide bonds. The number of primary amides is 1. The van der Waals surface area contributed by atoms with Crippen LogP contribution in [0.4, 0.5) is 0 Å². The number of hydrogen-bond acceptors (Lipinski definition) is 4. The summed E-state index contributed by atoms with van der Waals surface area (Å²) in [6, 6.07) is 8.79. The lowest BCUT2D eigenvalue weighted by atomic mass is 10.1. The Bertz CT molecular complexity index is 555. The molecule has 0 fully saturated rings. The molecule has 0 radical (unpaired) electrons. The molecule has 0 spiro atoms. The number of nitrogens with zero attached hydrogens (tertiary/aromatic N) is 2. The van der Waals surface area contributed by atoms with Crippen LogP contribution in [0.1, 0.15) is 10.4 Å². The average molecular weight is 229 g/mol. The van der Waals surface area contributed by atoms with Gasteiger partial charge in [0.1, 0.15) is 11.4 Å².